The van der Waals surface area contributed by atoms with Crippen molar-refractivity contribution in [3.8, 4) is 0 Å². The van der Waals surface area contributed by atoms with Crippen LogP contribution >= 0.6 is 0 Å². The fourth-order valence-corrected chi connectivity index (χ4v) is 4.09. The first-order valence-corrected chi connectivity index (χ1v) is 7.94. The van der Waals surface area contributed by atoms with E-state index in [1.165, 1.54) is 51.4 Å². The van der Waals surface area contributed by atoms with Crippen molar-refractivity contribution in [2.24, 2.45) is 17.8 Å². The molecular weight excluding hydrogens is 208 g/mol. The highest BCUT2D eigenvalue weighted by molar-refractivity contribution is 4.85. The van der Waals surface area contributed by atoms with Gasteiger partial charge < -0.3 is 4.74 Å². The van der Waals surface area contributed by atoms with E-state index in [-0.39, 0.29) is 0 Å². The lowest BCUT2D eigenvalue weighted by atomic mass is 9.67. The van der Waals surface area contributed by atoms with E-state index in [2.05, 4.69) is 13.8 Å². The molecule has 0 amide bonds. The van der Waals surface area contributed by atoms with Crippen molar-refractivity contribution in [1.82, 2.24) is 0 Å². The molecule has 17 heavy (non-hydrogen) atoms. The Bertz CT molecular complexity index is 208. The zero-order valence-electron chi connectivity index (χ0n) is 11.8. The Morgan fingerprint density at radius 2 is 1.71 bits per heavy atom. The van der Waals surface area contributed by atoms with Crippen LogP contribution in [0.1, 0.15) is 71.6 Å². The van der Waals surface area contributed by atoms with E-state index in [0.29, 0.717) is 6.10 Å². The maximum Gasteiger partial charge on any atom is 0.0603 e. The van der Waals surface area contributed by atoms with Gasteiger partial charge in [-0.2, -0.15) is 0 Å². The van der Waals surface area contributed by atoms with Crippen molar-refractivity contribution in [3.05, 3.63) is 0 Å². The summed E-state index contributed by atoms with van der Waals surface area (Å²) in [5.41, 5.74) is 0. The van der Waals surface area contributed by atoms with Crippen LogP contribution in [0.2, 0.25) is 0 Å². The van der Waals surface area contributed by atoms with E-state index >= 15 is 0 Å². The van der Waals surface area contributed by atoms with Gasteiger partial charge in [0.15, 0.2) is 0 Å². The van der Waals surface area contributed by atoms with E-state index in [1.54, 1.807) is 0 Å². The maximum atomic E-state index is 6.07. The Morgan fingerprint density at radius 3 is 2.41 bits per heavy atom. The second kappa shape index (κ2) is 6.78. The van der Waals surface area contributed by atoms with Gasteiger partial charge in [0.25, 0.3) is 0 Å². The molecule has 0 spiro atoms. The van der Waals surface area contributed by atoms with Crippen molar-refractivity contribution in [1.29, 1.82) is 0 Å². The Morgan fingerprint density at radius 1 is 0.941 bits per heavy atom. The molecule has 3 unspecified atom stereocenters. The molecule has 0 aromatic heterocycles. The van der Waals surface area contributed by atoms with Gasteiger partial charge in [-0.25, -0.2) is 0 Å². The van der Waals surface area contributed by atoms with Gasteiger partial charge in [-0.1, -0.05) is 52.4 Å². The standard InChI is InChI=1S/C16H30O/c1-3-12-17-16-11-7-10-15(13(16)2)14-8-5-4-6-9-14/h13-16H,3-12H2,1-2H3. The van der Waals surface area contributed by atoms with Crippen molar-refractivity contribution in [2.75, 3.05) is 6.61 Å². The first-order valence-electron chi connectivity index (χ1n) is 7.94. The summed E-state index contributed by atoms with van der Waals surface area (Å²) in [6.07, 6.45) is 13.3. The smallest absolute Gasteiger partial charge is 0.0603 e. The maximum absolute atomic E-state index is 6.07. The van der Waals surface area contributed by atoms with Gasteiger partial charge in [0.2, 0.25) is 0 Å². The number of hydrogen-bond acceptors (Lipinski definition) is 1. The van der Waals surface area contributed by atoms with Crippen LogP contribution in [0.5, 0.6) is 0 Å². The van der Waals surface area contributed by atoms with Crippen LogP contribution in [0.25, 0.3) is 0 Å². The Labute approximate surface area is 107 Å². The van der Waals surface area contributed by atoms with Gasteiger partial charge in [0.05, 0.1) is 6.10 Å². The summed E-state index contributed by atoms with van der Waals surface area (Å²) < 4.78 is 6.07. The minimum absolute atomic E-state index is 0.565. The van der Waals surface area contributed by atoms with Crippen molar-refractivity contribution >= 4 is 0 Å². The third kappa shape index (κ3) is 3.47. The molecule has 2 fully saturated rings. The van der Waals surface area contributed by atoms with E-state index in [0.717, 1.165) is 30.8 Å². The quantitative estimate of drug-likeness (QED) is 0.683. The van der Waals surface area contributed by atoms with Crippen LogP contribution in [0.3, 0.4) is 0 Å². The highest BCUT2D eigenvalue weighted by atomic mass is 16.5. The normalized spacial score (nSPS) is 36.0. The molecule has 0 saturated heterocycles. The fourth-order valence-electron chi connectivity index (χ4n) is 4.09. The fraction of sp³-hybridized carbons (Fsp3) is 1.00. The van der Waals surface area contributed by atoms with E-state index in [9.17, 15) is 0 Å². The minimum atomic E-state index is 0.565. The van der Waals surface area contributed by atoms with Crippen LogP contribution in [0.15, 0.2) is 0 Å². The highest BCUT2D eigenvalue weighted by Crippen LogP contribution is 2.42. The third-order valence-electron chi connectivity index (χ3n) is 5.08. The zero-order valence-corrected chi connectivity index (χ0v) is 11.8. The highest BCUT2D eigenvalue weighted by Gasteiger charge is 2.35. The zero-order chi connectivity index (χ0) is 12.1. The molecule has 100 valence electrons. The summed E-state index contributed by atoms with van der Waals surface area (Å²) in [5, 5.41) is 0. The second-order valence-electron chi connectivity index (χ2n) is 6.26. The molecule has 2 aliphatic rings. The first-order chi connectivity index (χ1) is 8.33. The molecule has 2 aliphatic carbocycles. The summed E-state index contributed by atoms with van der Waals surface area (Å²) >= 11 is 0. The van der Waals surface area contributed by atoms with Gasteiger partial charge >= 0.3 is 0 Å². The molecule has 1 nitrogen and oxygen atoms in total. The molecule has 0 aromatic rings. The second-order valence-corrected chi connectivity index (χ2v) is 6.26. The van der Waals surface area contributed by atoms with E-state index in [4.69, 9.17) is 4.74 Å². The molecule has 2 saturated carbocycles. The minimum Gasteiger partial charge on any atom is -0.378 e. The van der Waals surface area contributed by atoms with Crippen molar-refractivity contribution in [3.63, 3.8) is 0 Å². The van der Waals surface area contributed by atoms with Crippen LogP contribution < -0.4 is 0 Å². The number of hydrogen-bond donors (Lipinski definition) is 0. The molecule has 2 rings (SSSR count). The lowest BCUT2D eigenvalue weighted by Crippen LogP contribution is -2.37. The van der Waals surface area contributed by atoms with Crippen molar-refractivity contribution < 1.29 is 4.74 Å². The van der Waals surface area contributed by atoms with Gasteiger partial charge in [0, 0.05) is 6.61 Å². The van der Waals surface area contributed by atoms with Crippen molar-refractivity contribution in [2.45, 2.75) is 77.7 Å². The number of rotatable bonds is 4. The molecule has 0 aromatic carbocycles. The largest absolute Gasteiger partial charge is 0.378 e. The topological polar surface area (TPSA) is 9.23 Å². The molecule has 0 heterocycles. The average Bonchev–Trinajstić information content (AvgIpc) is 2.39. The monoisotopic (exact) mass is 238 g/mol. The average molecular weight is 238 g/mol. The Hall–Kier alpha value is -0.0400. The third-order valence-corrected chi connectivity index (χ3v) is 5.08. The lowest BCUT2D eigenvalue weighted by molar-refractivity contribution is -0.0425. The van der Waals surface area contributed by atoms with Gasteiger partial charge in [-0.3, -0.25) is 0 Å². The summed E-state index contributed by atoms with van der Waals surface area (Å²) in [4.78, 5) is 0. The molecule has 1 heteroatoms. The lowest BCUT2D eigenvalue weighted by Gasteiger charge is -2.41. The molecular formula is C16H30O. The molecule has 0 N–H and O–H groups in total. The summed E-state index contributed by atoms with van der Waals surface area (Å²) in [7, 11) is 0. The summed E-state index contributed by atoms with van der Waals surface area (Å²) in [6, 6.07) is 0. The van der Waals surface area contributed by atoms with Gasteiger partial charge in [-0.15, -0.1) is 0 Å². The van der Waals surface area contributed by atoms with E-state index < -0.39 is 0 Å². The van der Waals surface area contributed by atoms with Crippen LogP contribution in [-0.2, 0) is 4.74 Å². The van der Waals surface area contributed by atoms with Gasteiger partial charge in [-0.05, 0) is 37.0 Å². The predicted octanol–water partition coefficient (Wildman–Crippen LogP) is 4.80. The molecule has 0 aliphatic heterocycles. The summed E-state index contributed by atoms with van der Waals surface area (Å²) in [6.45, 7) is 5.64. The predicted molar refractivity (Wildman–Crippen MR) is 73.1 cm³/mol. The Balaban J connectivity index is 1.87. The van der Waals surface area contributed by atoms with Gasteiger partial charge in [0.1, 0.15) is 0 Å². The molecule has 3 atom stereocenters. The number of ether oxygens (including phenoxy) is 1. The Kier molecular flexibility index (Phi) is 5.34. The SMILES string of the molecule is CCCOC1CCCC(C2CCCCC2)C1C. The van der Waals surface area contributed by atoms with E-state index in [1.807, 2.05) is 0 Å². The van der Waals surface area contributed by atoms with Crippen LogP contribution in [0, 0.1) is 17.8 Å². The van der Waals surface area contributed by atoms with Crippen LogP contribution in [-0.4, -0.2) is 12.7 Å². The van der Waals surface area contributed by atoms with Crippen LogP contribution in [0.4, 0.5) is 0 Å². The summed E-state index contributed by atoms with van der Waals surface area (Å²) in [5.74, 6) is 2.79. The first kappa shape index (κ1) is 13.4. The molecule has 0 bridgehead atoms. The molecule has 0 radical (unpaired) electrons.